The van der Waals surface area contributed by atoms with Crippen molar-refractivity contribution in [1.82, 2.24) is 10.2 Å². The van der Waals surface area contributed by atoms with Gasteiger partial charge >= 0.3 is 0 Å². The number of nitrogens with one attached hydrogen (secondary N) is 1. The average molecular weight is 376 g/mol. The molecule has 138 valence electrons. The molecule has 3 N–H and O–H groups in total. The minimum atomic E-state index is -0.466. The van der Waals surface area contributed by atoms with Gasteiger partial charge in [0.25, 0.3) is 0 Å². The average Bonchev–Trinajstić information content (AvgIpc) is 2.53. The summed E-state index contributed by atoms with van der Waals surface area (Å²) in [6, 6.07) is 10.1. The van der Waals surface area contributed by atoms with E-state index in [9.17, 15) is 4.79 Å². The Morgan fingerprint density at radius 3 is 2.58 bits per heavy atom. The number of carbonyl (C=O) groups excluding carboxylic acids is 1. The number of likely N-dealkylation sites (tertiary alicyclic amines) is 1. The highest BCUT2D eigenvalue weighted by Gasteiger charge is 2.23. The van der Waals surface area contributed by atoms with Crippen LogP contribution in [0.1, 0.15) is 32.3 Å². The van der Waals surface area contributed by atoms with Crippen LogP contribution in [0.15, 0.2) is 30.3 Å². The topological polar surface area (TPSA) is 58.4 Å². The van der Waals surface area contributed by atoms with E-state index in [4.69, 9.17) is 5.73 Å². The summed E-state index contributed by atoms with van der Waals surface area (Å²) in [6.45, 7) is 7.46. The molecule has 2 rings (SSSR count). The number of nitrogens with two attached hydrogens (primary N) is 1. The number of piperidine rings is 1. The Bertz CT molecular complexity index is 471. The van der Waals surface area contributed by atoms with E-state index >= 15 is 0 Å². The molecular weight excluding hydrogens is 345 g/mol. The van der Waals surface area contributed by atoms with Gasteiger partial charge in [0.05, 0.1) is 6.04 Å². The van der Waals surface area contributed by atoms with Crippen LogP contribution < -0.4 is 11.1 Å². The molecule has 1 saturated heterocycles. The Balaban J connectivity index is 0.00000264. The van der Waals surface area contributed by atoms with Gasteiger partial charge in [-0.2, -0.15) is 0 Å². The summed E-state index contributed by atoms with van der Waals surface area (Å²) < 4.78 is 0. The monoisotopic (exact) mass is 375 g/mol. The van der Waals surface area contributed by atoms with Gasteiger partial charge in [-0.25, -0.2) is 0 Å². The zero-order valence-corrected chi connectivity index (χ0v) is 16.2. The van der Waals surface area contributed by atoms with E-state index in [1.165, 1.54) is 19.4 Å². The lowest BCUT2D eigenvalue weighted by molar-refractivity contribution is -0.122. The molecule has 2 unspecified atom stereocenters. The number of hydrogen-bond donors (Lipinski definition) is 2. The minimum Gasteiger partial charge on any atom is -0.354 e. The van der Waals surface area contributed by atoms with Crippen LogP contribution >= 0.6 is 24.8 Å². The normalized spacial score (nSPS) is 19.1. The molecule has 4 nitrogen and oxygen atoms in total. The number of rotatable bonds is 6. The Labute approximate surface area is 158 Å². The second-order valence-corrected chi connectivity index (χ2v) is 6.64. The quantitative estimate of drug-likeness (QED) is 0.803. The van der Waals surface area contributed by atoms with Crippen LogP contribution in [0.2, 0.25) is 0 Å². The maximum atomic E-state index is 12.2. The van der Waals surface area contributed by atoms with E-state index in [1.54, 1.807) is 0 Å². The van der Waals surface area contributed by atoms with Crippen LogP contribution in [0.25, 0.3) is 0 Å². The van der Waals surface area contributed by atoms with E-state index in [-0.39, 0.29) is 30.7 Å². The molecule has 1 amide bonds. The van der Waals surface area contributed by atoms with Crippen molar-refractivity contribution in [2.24, 2.45) is 11.7 Å². The minimum absolute atomic E-state index is 0. The number of carbonyl (C=O) groups is 1. The molecule has 0 aliphatic carbocycles. The van der Waals surface area contributed by atoms with Crippen molar-refractivity contribution in [3.05, 3.63) is 35.9 Å². The molecule has 1 aliphatic heterocycles. The zero-order chi connectivity index (χ0) is 15.9. The number of hydrogen-bond acceptors (Lipinski definition) is 3. The molecule has 0 bridgehead atoms. The van der Waals surface area contributed by atoms with Gasteiger partial charge in [0.1, 0.15) is 0 Å². The maximum Gasteiger partial charge on any atom is 0.237 e. The third-order valence-electron chi connectivity index (χ3n) is 4.48. The predicted molar refractivity (Wildman–Crippen MR) is 105 cm³/mol. The van der Waals surface area contributed by atoms with Gasteiger partial charge in [-0.3, -0.25) is 4.79 Å². The molecule has 24 heavy (non-hydrogen) atoms. The van der Waals surface area contributed by atoms with Crippen LogP contribution in [0.4, 0.5) is 0 Å². The first-order chi connectivity index (χ1) is 10.6. The zero-order valence-electron chi connectivity index (χ0n) is 14.6. The predicted octanol–water partition coefficient (Wildman–Crippen LogP) is 2.64. The van der Waals surface area contributed by atoms with Crippen molar-refractivity contribution in [3.63, 3.8) is 0 Å². The van der Waals surface area contributed by atoms with Gasteiger partial charge < -0.3 is 16.0 Å². The molecule has 0 spiro atoms. The molecule has 1 aromatic rings. The molecule has 1 aromatic carbocycles. The molecule has 1 fully saturated rings. The number of amides is 1. The summed E-state index contributed by atoms with van der Waals surface area (Å²) >= 11 is 0. The summed E-state index contributed by atoms with van der Waals surface area (Å²) in [5, 5.41) is 3.04. The SMILES string of the molecule is CC(C)N1CCCC(CNC(=O)C(N)Cc2ccccc2)C1.Cl.Cl. The van der Waals surface area contributed by atoms with Crippen molar-refractivity contribution in [1.29, 1.82) is 0 Å². The van der Waals surface area contributed by atoms with Crippen LogP contribution in [-0.4, -0.2) is 42.5 Å². The van der Waals surface area contributed by atoms with Crippen molar-refractivity contribution in [3.8, 4) is 0 Å². The molecule has 1 heterocycles. The van der Waals surface area contributed by atoms with E-state index < -0.39 is 6.04 Å². The van der Waals surface area contributed by atoms with Crippen LogP contribution in [0.3, 0.4) is 0 Å². The first kappa shape index (κ1) is 23.2. The second-order valence-electron chi connectivity index (χ2n) is 6.64. The van der Waals surface area contributed by atoms with Crippen molar-refractivity contribution in [2.75, 3.05) is 19.6 Å². The molecule has 6 heteroatoms. The summed E-state index contributed by atoms with van der Waals surface area (Å²) in [5.41, 5.74) is 7.12. The van der Waals surface area contributed by atoms with Crippen LogP contribution in [-0.2, 0) is 11.2 Å². The lowest BCUT2D eigenvalue weighted by Gasteiger charge is -2.35. The van der Waals surface area contributed by atoms with Gasteiger partial charge in [-0.1, -0.05) is 30.3 Å². The van der Waals surface area contributed by atoms with Crippen LogP contribution in [0.5, 0.6) is 0 Å². The van der Waals surface area contributed by atoms with Gasteiger partial charge in [0, 0.05) is 19.1 Å². The van der Waals surface area contributed by atoms with Crippen molar-refractivity contribution < 1.29 is 4.79 Å². The fraction of sp³-hybridized carbons (Fsp3) is 0.611. The van der Waals surface area contributed by atoms with Gasteiger partial charge in [0.15, 0.2) is 0 Å². The van der Waals surface area contributed by atoms with Crippen LogP contribution in [0, 0.1) is 5.92 Å². The number of halogens is 2. The molecule has 0 aromatic heterocycles. The summed E-state index contributed by atoms with van der Waals surface area (Å²) in [4.78, 5) is 14.6. The Hall–Kier alpha value is -0.810. The molecule has 0 radical (unpaired) electrons. The van der Waals surface area contributed by atoms with Gasteiger partial charge in [-0.15, -0.1) is 24.8 Å². The number of nitrogens with zero attached hydrogens (tertiary/aromatic N) is 1. The Morgan fingerprint density at radius 2 is 1.96 bits per heavy atom. The summed E-state index contributed by atoms with van der Waals surface area (Å²) in [6.07, 6.45) is 3.00. The standard InChI is InChI=1S/C18H29N3O.2ClH/c1-14(2)21-10-6-9-16(13-21)12-20-18(22)17(19)11-15-7-4-3-5-8-15;;/h3-5,7-8,14,16-17H,6,9-13,19H2,1-2H3,(H,20,22);2*1H. The Morgan fingerprint density at radius 1 is 1.29 bits per heavy atom. The molecule has 1 aliphatic rings. The largest absolute Gasteiger partial charge is 0.354 e. The second kappa shape index (κ2) is 11.7. The Kier molecular flexibility index (Phi) is 11.3. The first-order valence-electron chi connectivity index (χ1n) is 8.37. The van der Waals surface area contributed by atoms with E-state index in [1.807, 2.05) is 30.3 Å². The fourth-order valence-corrected chi connectivity index (χ4v) is 3.07. The summed E-state index contributed by atoms with van der Waals surface area (Å²) in [5.74, 6) is 0.509. The third-order valence-corrected chi connectivity index (χ3v) is 4.48. The smallest absolute Gasteiger partial charge is 0.237 e. The summed E-state index contributed by atoms with van der Waals surface area (Å²) in [7, 11) is 0. The molecular formula is C18H31Cl2N3O. The highest BCUT2D eigenvalue weighted by atomic mass is 35.5. The third kappa shape index (κ3) is 7.39. The first-order valence-corrected chi connectivity index (χ1v) is 8.37. The number of benzene rings is 1. The van der Waals surface area contributed by atoms with Gasteiger partial charge in [-0.05, 0) is 51.1 Å². The molecule has 0 saturated carbocycles. The van der Waals surface area contributed by atoms with Crippen molar-refractivity contribution in [2.45, 2.75) is 45.2 Å². The van der Waals surface area contributed by atoms with E-state index in [0.717, 1.165) is 18.7 Å². The fourth-order valence-electron chi connectivity index (χ4n) is 3.07. The highest BCUT2D eigenvalue weighted by molar-refractivity contribution is 5.85. The van der Waals surface area contributed by atoms with Gasteiger partial charge in [0.2, 0.25) is 5.91 Å². The van der Waals surface area contributed by atoms with E-state index in [2.05, 4.69) is 24.1 Å². The molecule has 2 atom stereocenters. The lowest BCUT2D eigenvalue weighted by atomic mass is 9.96. The highest BCUT2D eigenvalue weighted by Crippen LogP contribution is 2.17. The lowest BCUT2D eigenvalue weighted by Crippen LogP contribution is -2.47. The van der Waals surface area contributed by atoms with Crippen molar-refractivity contribution >= 4 is 30.7 Å². The maximum absolute atomic E-state index is 12.2. The van der Waals surface area contributed by atoms with E-state index in [0.29, 0.717) is 18.4 Å².